The number of hydrogen-bond acceptors (Lipinski definition) is 3. The second-order valence-corrected chi connectivity index (χ2v) is 3.64. The average molecular weight is 238 g/mol. The Kier molecular flexibility index (Phi) is 4.37. The Bertz CT molecular complexity index is 417. The molecular formula is C13H15FO3. The number of aldehydes is 1. The van der Waals surface area contributed by atoms with Gasteiger partial charge in [-0.15, -0.1) is 0 Å². The van der Waals surface area contributed by atoms with Crippen LogP contribution in [0.4, 0.5) is 4.39 Å². The summed E-state index contributed by atoms with van der Waals surface area (Å²) in [6, 6.07) is 5.76. The van der Waals surface area contributed by atoms with Crippen molar-refractivity contribution in [1.82, 2.24) is 0 Å². The van der Waals surface area contributed by atoms with Crippen molar-refractivity contribution in [3.8, 4) is 0 Å². The first kappa shape index (κ1) is 13.4. The van der Waals surface area contributed by atoms with E-state index < -0.39 is 17.2 Å². The maximum atomic E-state index is 13.7. The molecule has 0 amide bonds. The van der Waals surface area contributed by atoms with Gasteiger partial charge in [-0.1, -0.05) is 25.1 Å². The summed E-state index contributed by atoms with van der Waals surface area (Å²) >= 11 is 0. The molecule has 0 aliphatic rings. The first-order chi connectivity index (χ1) is 8.12. The lowest BCUT2D eigenvalue weighted by Gasteiger charge is -2.24. The third-order valence-electron chi connectivity index (χ3n) is 2.75. The number of halogens is 1. The number of esters is 1. The zero-order valence-corrected chi connectivity index (χ0v) is 9.90. The molecule has 0 N–H and O–H groups in total. The number of benzene rings is 1. The van der Waals surface area contributed by atoms with Crippen LogP contribution in [0.3, 0.4) is 0 Å². The third-order valence-corrected chi connectivity index (χ3v) is 2.75. The molecule has 1 aromatic carbocycles. The first-order valence-electron chi connectivity index (χ1n) is 5.51. The lowest BCUT2D eigenvalue weighted by Crippen LogP contribution is -2.39. The topological polar surface area (TPSA) is 43.4 Å². The van der Waals surface area contributed by atoms with Crippen LogP contribution in [-0.2, 0) is 19.7 Å². The van der Waals surface area contributed by atoms with Gasteiger partial charge in [0.1, 0.15) is 12.1 Å². The highest BCUT2D eigenvalue weighted by Gasteiger charge is 2.42. The molecule has 0 aliphatic heterocycles. The van der Waals surface area contributed by atoms with Crippen LogP contribution in [0, 0.1) is 5.82 Å². The molecule has 4 heteroatoms. The minimum Gasteiger partial charge on any atom is -0.465 e. The van der Waals surface area contributed by atoms with Gasteiger partial charge in [0.25, 0.3) is 0 Å². The molecular weight excluding hydrogens is 223 g/mol. The van der Waals surface area contributed by atoms with Crippen LogP contribution in [0.15, 0.2) is 24.3 Å². The maximum Gasteiger partial charge on any atom is 0.323 e. The van der Waals surface area contributed by atoms with Crippen LogP contribution in [0.25, 0.3) is 0 Å². The fourth-order valence-electron chi connectivity index (χ4n) is 1.72. The second-order valence-electron chi connectivity index (χ2n) is 3.64. The number of ether oxygens (including phenoxy) is 1. The number of carbonyl (C=O) groups excluding carboxylic acids is 2. The van der Waals surface area contributed by atoms with Crippen LogP contribution in [0.1, 0.15) is 25.8 Å². The smallest absolute Gasteiger partial charge is 0.323 e. The van der Waals surface area contributed by atoms with E-state index in [4.69, 9.17) is 4.74 Å². The predicted molar refractivity (Wildman–Crippen MR) is 61.1 cm³/mol. The summed E-state index contributed by atoms with van der Waals surface area (Å²) < 4.78 is 18.6. The molecule has 0 saturated carbocycles. The van der Waals surface area contributed by atoms with Crippen molar-refractivity contribution in [3.63, 3.8) is 0 Å². The van der Waals surface area contributed by atoms with Gasteiger partial charge in [0.2, 0.25) is 0 Å². The number of carbonyl (C=O) groups is 2. The summed E-state index contributed by atoms with van der Waals surface area (Å²) in [5.74, 6) is -1.28. The molecule has 92 valence electrons. The van der Waals surface area contributed by atoms with E-state index in [0.717, 1.165) is 0 Å². The molecule has 1 rings (SSSR count). The molecule has 0 radical (unpaired) electrons. The van der Waals surface area contributed by atoms with Gasteiger partial charge < -0.3 is 9.53 Å². The summed E-state index contributed by atoms with van der Waals surface area (Å²) in [6.45, 7) is 3.45. The van der Waals surface area contributed by atoms with Crippen LogP contribution in [-0.4, -0.2) is 18.9 Å². The highest BCUT2D eigenvalue weighted by Crippen LogP contribution is 2.29. The van der Waals surface area contributed by atoms with E-state index in [1.54, 1.807) is 19.9 Å². The predicted octanol–water partition coefficient (Wildman–Crippen LogP) is 2.24. The van der Waals surface area contributed by atoms with Crippen LogP contribution in [0.2, 0.25) is 0 Å². The van der Waals surface area contributed by atoms with Gasteiger partial charge in [-0.3, -0.25) is 4.79 Å². The van der Waals surface area contributed by atoms with Gasteiger partial charge in [0.15, 0.2) is 5.41 Å². The molecule has 0 aromatic heterocycles. The maximum absolute atomic E-state index is 13.7. The summed E-state index contributed by atoms with van der Waals surface area (Å²) in [5, 5.41) is 0. The van der Waals surface area contributed by atoms with E-state index in [9.17, 15) is 14.0 Å². The molecule has 0 saturated heterocycles. The molecule has 0 spiro atoms. The Labute approximate surface area is 99.6 Å². The lowest BCUT2D eigenvalue weighted by atomic mass is 9.79. The van der Waals surface area contributed by atoms with E-state index in [1.807, 2.05) is 0 Å². The monoisotopic (exact) mass is 238 g/mol. The first-order valence-corrected chi connectivity index (χ1v) is 5.51. The van der Waals surface area contributed by atoms with Crippen molar-refractivity contribution in [3.05, 3.63) is 35.6 Å². The quantitative estimate of drug-likeness (QED) is 0.449. The molecule has 1 atom stereocenters. The van der Waals surface area contributed by atoms with Crippen LogP contribution < -0.4 is 0 Å². The highest BCUT2D eigenvalue weighted by molar-refractivity contribution is 6.00. The van der Waals surface area contributed by atoms with Crippen molar-refractivity contribution >= 4 is 12.3 Å². The standard InChI is InChI=1S/C13H15FO3/c1-3-13(9-15,12(16)17-4-2)10-7-5-6-8-11(10)14/h5-9H,3-4H2,1-2H3. The minimum atomic E-state index is -1.54. The lowest BCUT2D eigenvalue weighted by molar-refractivity contribution is -0.152. The number of rotatable bonds is 5. The van der Waals surface area contributed by atoms with Crippen molar-refractivity contribution in [2.24, 2.45) is 0 Å². The Balaban J connectivity index is 3.30. The van der Waals surface area contributed by atoms with E-state index in [1.165, 1.54) is 18.2 Å². The molecule has 0 aliphatic carbocycles. The minimum absolute atomic E-state index is 0.0657. The molecule has 0 heterocycles. The SMILES string of the molecule is CCOC(=O)C(C=O)(CC)c1ccccc1F. The molecule has 17 heavy (non-hydrogen) atoms. The van der Waals surface area contributed by atoms with Crippen molar-refractivity contribution in [2.45, 2.75) is 25.7 Å². The van der Waals surface area contributed by atoms with Crippen molar-refractivity contribution in [1.29, 1.82) is 0 Å². The van der Waals surface area contributed by atoms with E-state index in [0.29, 0.717) is 6.29 Å². The van der Waals surface area contributed by atoms with Crippen LogP contribution in [0.5, 0.6) is 0 Å². The van der Waals surface area contributed by atoms with Gasteiger partial charge in [-0.25, -0.2) is 4.39 Å². The van der Waals surface area contributed by atoms with Gasteiger partial charge in [0.05, 0.1) is 6.61 Å². The van der Waals surface area contributed by atoms with Crippen molar-refractivity contribution < 1.29 is 18.7 Å². The molecule has 1 unspecified atom stereocenters. The normalized spacial score (nSPS) is 13.8. The second kappa shape index (κ2) is 5.57. The number of hydrogen-bond donors (Lipinski definition) is 0. The fourth-order valence-corrected chi connectivity index (χ4v) is 1.72. The molecule has 0 fully saturated rings. The zero-order valence-electron chi connectivity index (χ0n) is 9.90. The Hall–Kier alpha value is -1.71. The molecule has 1 aromatic rings. The van der Waals surface area contributed by atoms with E-state index >= 15 is 0 Å². The van der Waals surface area contributed by atoms with Crippen LogP contribution >= 0.6 is 0 Å². The summed E-state index contributed by atoms with van der Waals surface area (Å²) in [5.41, 5.74) is -1.47. The third kappa shape index (κ3) is 2.35. The summed E-state index contributed by atoms with van der Waals surface area (Å²) in [4.78, 5) is 23.1. The van der Waals surface area contributed by atoms with Crippen molar-refractivity contribution in [2.75, 3.05) is 6.61 Å². The average Bonchev–Trinajstić information content (AvgIpc) is 2.34. The van der Waals surface area contributed by atoms with Gasteiger partial charge >= 0.3 is 5.97 Å². The van der Waals surface area contributed by atoms with E-state index in [-0.39, 0.29) is 18.6 Å². The summed E-state index contributed by atoms with van der Waals surface area (Å²) in [7, 11) is 0. The van der Waals surface area contributed by atoms with Gasteiger partial charge in [-0.2, -0.15) is 0 Å². The highest BCUT2D eigenvalue weighted by atomic mass is 19.1. The molecule has 0 bridgehead atoms. The Morgan fingerprint density at radius 3 is 2.53 bits per heavy atom. The Morgan fingerprint density at radius 2 is 2.06 bits per heavy atom. The van der Waals surface area contributed by atoms with Gasteiger partial charge in [-0.05, 0) is 19.4 Å². The zero-order chi connectivity index (χ0) is 12.9. The summed E-state index contributed by atoms with van der Waals surface area (Å²) in [6.07, 6.45) is 0.625. The largest absolute Gasteiger partial charge is 0.465 e. The molecule has 3 nitrogen and oxygen atoms in total. The Morgan fingerprint density at radius 1 is 1.41 bits per heavy atom. The van der Waals surface area contributed by atoms with E-state index in [2.05, 4.69) is 0 Å². The van der Waals surface area contributed by atoms with Gasteiger partial charge in [0, 0.05) is 5.56 Å². The fraction of sp³-hybridized carbons (Fsp3) is 0.385.